The molecule has 110 valence electrons. The molecule has 2 unspecified atom stereocenters. The van der Waals surface area contributed by atoms with E-state index in [9.17, 15) is 0 Å². The fourth-order valence-electron chi connectivity index (χ4n) is 4.54. The van der Waals surface area contributed by atoms with Crippen LogP contribution in [0, 0.1) is 0 Å². The van der Waals surface area contributed by atoms with Gasteiger partial charge >= 0.3 is 0 Å². The van der Waals surface area contributed by atoms with Crippen molar-refractivity contribution in [1.82, 2.24) is 0 Å². The van der Waals surface area contributed by atoms with Crippen LogP contribution in [-0.2, 0) is 10.8 Å². The first-order valence-corrected chi connectivity index (χ1v) is 8.37. The highest BCUT2D eigenvalue weighted by Crippen LogP contribution is 2.55. The summed E-state index contributed by atoms with van der Waals surface area (Å²) in [4.78, 5) is 0. The maximum Gasteiger partial charge on any atom is -0.0129 e. The smallest absolute Gasteiger partial charge is 0.0129 e. The van der Waals surface area contributed by atoms with Crippen molar-refractivity contribution in [2.24, 2.45) is 0 Å². The third kappa shape index (κ3) is 2.12. The number of hydrogen-bond acceptors (Lipinski definition) is 0. The zero-order valence-corrected chi connectivity index (χ0v) is 14.1. The van der Waals surface area contributed by atoms with E-state index in [0.29, 0.717) is 0 Å². The predicted molar refractivity (Wildman–Crippen MR) is 87.8 cm³/mol. The van der Waals surface area contributed by atoms with Crippen LogP contribution in [0.5, 0.6) is 0 Å². The van der Waals surface area contributed by atoms with E-state index in [4.69, 9.17) is 0 Å². The second-order valence-electron chi connectivity index (χ2n) is 9.05. The van der Waals surface area contributed by atoms with Crippen LogP contribution in [0.2, 0.25) is 0 Å². The van der Waals surface area contributed by atoms with Gasteiger partial charge in [-0.05, 0) is 64.2 Å². The van der Waals surface area contributed by atoms with E-state index in [2.05, 4.69) is 53.7 Å². The third-order valence-corrected chi connectivity index (χ3v) is 5.39. The van der Waals surface area contributed by atoms with Gasteiger partial charge in [0.1, 0.15) is 0 Å². The number of hydrogen-bond donors (Lipinski definition) is 0. The molecule has 2 atom stereocenters. The van der Waals surface area contributed by atoms with Gasteiger partial charge in [0.05, 0.1) is 0 Å². The van der Waals surface area contributed by atoms with Crippen molar-refractivity contribution >= 4 is 0 Å². The summed E-state index contributed by atoms with van der Waals surface area (Å²) in [6.07, 6.45) is 5.68. The molecule has 0 aliphatic heterocycles. The lowest BCUT2D eigenvalue weighted by Gasteiger charge is -2.30. The molecule has 0 amide bonds. The summed E-state index contributed by atoms with van der Waals surface area (Å²) in [5, 5.41) is 0. The van der Waals surface area contributed by atoms with Crippen LogP contribution in [0.4, 0.5) is 0 Å². The lowest BCUT2D eigenvalue weighted by Crippen LogP contribution is -2.19. The zero-order chi connectivity index (χ0) is 14.7. The Morgan fingerprint density at radius 2 is 1.15 bits per heavy atom. The normalized spacial score (nSPS) is 25.7. The molecular weight excluding hydrogens is 240 g/mol. The van der Waals surface area contributed by atoms with E-state index < -0.39 is 0 Å². The summed E-state index contributed by atoms with van der Waals surface area (Å²) in [5.41, 5.74) is 7.31. The molecule has 2 bridgehead atoms. The molecule has 1 fully saturated rings. The van der Waals surface area contributed by atoms with Crippen molar-refractivity contribution in [2.75, 3.05) is 0 Å². The van der Waals surface area contributed by atoms with Crippen molar-refractivity contribution < 1.29 is 0 Å². The second kappa shape index (κ2) is 4.36. The summed E-state index contributed by atoms with van der Waals surface area (Å²) in [6, 6.07) is 4.89. The molecule has 0 saturated heterocycles. The van der Waals surface area contributed by atoms with Gasteiger partial charge in [-0.15, -0.1) is 0 Å². The van der Waals surface area contributed by atoms with Gasteiger partial charge in [0.15, 0.2) is 0 Å². The fourth-order valence-corrected chi connectivity index (χ4v) is 4.54. The summed E-state index contributed by atoms with van der Waals surface area (Å²) < 4.78 is 0. The Morgan fingerprint density at radius 3 is 1.50 bits per heavy atom. The minimum atomic E-state index is 0.276. The Labute approximate surface area is 125 Å². The van der Waals surface area contributed by atoms with E-state index >= 15 is 0 Å². The molecule has 0 aromatic heterocycles. The third-order valence-electron chi connectivity index (χ3n) is 5.39. The maximum absolute atomic E-state index is 2.44. The highest BCUT2D eigenvalue weighted by atomic mass is 14.4. The lowest BCUT2D eigenvalue weighted by molar-refractivity contribution is 0.429. The molecule has 2 aliphatic rings. The molecule has 0 radical (unpaired) electrons. The molecule has 1 aromatic carbocycles. The van der Waals surface area contributed by atoms with Gasteiger partial charge in [-0.1, -0.05) is 60.1 Å². The van der Waals surface area contributed by atoms with Crippen LogP contribution in [0.25, 0.3) is 0 Å². The van der Waals surface area contributed by atoms with E-state index in [1.165, 1.54) is 25.7 Å². The van der Waals surface area contributed by atoms with E-state index in [1.54, 1.807) is 22.3 Å². The first-order valence-electron chi connectivity index (χ1n) is 8.37. The van der Waals surface area contributed by atoms with Crippen LogP contribution in [0.15, 0.2) is 12.1 Å². The predicted octanol–water partition coefficient (Wildman–Crippen LogP) is 6.04. The number of rotatable bonds is 0. The minimum Gasteiger partial charge on any atom is -0.0579 e. The summed E-state index contributed by atoms with van der Waals surface area (Å²) in [7, 11) is 0. The van der Waals surface area contributed by atoms with Crippen LogP contribution >= 0.6 is 0 Å². The Kier molecular flexibility index (Phi) is 3.09. The van der Waals surface area contributed by atoms with E-state index in [-0.39, 0.29) is 10.8 Å². The first-order chi connectivity index (χ1) is 9.19. The standard InChI is InChI=1S/C20H30/c1-19(2,3)15-10-11-16(20(4,5)6)18-14-9-7-8-13(12-14)17(15)18/h10-11,13-14H,7-9,12H2,1-6H3. The van der Waals surface area contributed by atoms with Crippen molar-refractivity contribution in [3.8, 4) is 0 Å². The van der Waals surface area contributed by atoms with Gasteiger partial charge in [-0.3, -0.25) is 0 Å². The van der Waals surface area contributed by atoms with Crippen molar-refractivity contribution in [3.63, 3.8) is 0 Å². The molecule has 0 heterocycles. The molecule has 0 nitrogen and oxygen atoms in total. The van der Waals surface area contributed by atoms with E-state index in [0.717, 1.165) is 11.8 Å². The van der Waals surface area contributed by atoms with Gasteiger partial charge in [-0.25, -0.2) is 0 Å². The molecule has 0 N–H and O–H groups in total. The van der Waals surface area contributed by atoms with Crippen LogP contribution < -0.4 is 0 Å². The Morgan fingerprint density at radius 1 is 0.750 bits per heavy atom. The number of benzene rings is 1. The molecule has 0 heteroatoms. The van der Waals surface area contributed by atoms with Gasteiger partial charge < -0.3 is 0 Å². The van der Waals surface area contributed by atoms with Crippen molar-refractivity contribution in [3.05, 3.63) is 34.4 Å². The average Bonchev–Trinajstić information content (AvgIpc) is 2.58. The molecule has 1 saturated carbocycles. The van der Waals surface area contributed by atoms with Gasteiger partial charge in [-0.2, -0.15) is 0 Å². The van der Waals surface area contributed by atoms with E-state index in [1.807, 2.05) is 0 Å². The van der Waals surface area contributed by atoms with Gasteiger partial charge in [0.2, 0.25) is 0 Å². The van der Waals surface area contributed by atoms with Crippen LogP contribution in [0.1, 0.15) is 101 Å². The SMILES string of the molecule is CC(C)(C)c1ccc(C(C)(C)C)c2c1C1CCCC2C1. The Hall–Kier alpha value is -0.780. The molecule has 0 spiro atoms. The number of fused-ring (bicyclic) bond motifs is 5. The average molecular weight is 270 g/mol. The lowest BCUT2D eigenvalue weighted by atomic mass is 9.75. The maximum atomic E-state index is 2.44. The fraction of sp³-hybridized carbons (Fsp3) is 0.700. The van der Waals surface area contributed by atoms with Crippen LogP contribution in [0.3, 0.4) is 0 Å². The molecule has 20 heavy (non-hydrogen) atoms. The molecular formula is C20H30. The van der Waals surface area contributed by atoms with Gasteiger partial charge in [0, 0.05) is 0 Å². The first kappa shape index (κ1) is 14.2. The largest absolute Gasteiger partial charge is 0.0579 e. The molecule has 2 aliphatic carbocycles. The van der Waals surface area contributed by atoms with Gasteiger partial charge in [0.25, 0.3) is 0 Å². The second-order valence-corrected chi connectivity index (χ2v) is 9.05. The van der Waals surface area contributed by atoms with Crippen molar-refractivity contribution in [1.29, 1.82) is 0 Å². The quantitative estimate of drug-likeness (QED) is 0.539. The highest BCUT2D eigenvalue weighted by Gasteiger charge is 2.40. The minimum absolute atomic E-state index is 0.276. The monoisotopic (exact) mass is 270 g/mol. The molecule has 3 rings (SSSR count). The van der Waals surface area contributed by atoms with Crippen molar-refractivity contribution in [2.45, 2.75) is 89.9 Å². The zero-order valence-electron chi connectivity index (χ0n) is 14.1. The molecule has 1 aromatic rings. The Balaban J connectivity index is 2.27. The summed E-state index contributed by atoms with van der Waals surface area (Å²) >= 11 is 0. The highest BCUT2D eigenvalue weighted by molar-refractivity contribution is 5.53. The van der Waals surface area contributed by atoms with Crippen LogP contribution in [-0.4, -0.2) is 0 Å². The summed E-state index contributed by atoms with van der Waals surface area (Å²) in [6.45, 7) is 14.3. The Bertz CT molecular complexity index is 475. The topological polar surface area (TPSA) is 0 Å². The summed E-state index contributed by atoms with van der Waals surface area (Å²) in [5.74, 6) is 1.69.